The second-order valence-corrected chi connectivity index (χ2v) is 18.2. The molecule has 1 aliphatic rings. The van der Waals surface area contributed by atoms with Crippen LogP contribution in [0.3, 0.4) is 0 Å². The van der Waals surface area contributed by atoms with E-state index in [0.717, 1.165) is 0 Å². The van der Waals surface area contributed by atoms with Crippen LogP contribution in [0.15, 0.2) is 65.3 Å². The minimum Gasteiger partial charge on any atom is -1.00 e. The van der Waals surface area contributed by atoms with Crippen molar-refractivity contribution in [2.24, 2.45) is 5.92 Å². The van der Waals surface area contributed by atoms with Crippen molar-refractivity contribution in [3.05, 3.63) is 88.0 Å². The third-order valence-electron chi connectivity index (χ3n) is 6.16. The largest absolute Gasteiger partial charge is 1.00 e. The van der Waals surface area contributed by atoms with Gasteiger partial charge in [0.05, 0.1) is 0 Å². The van der Waals surface area contributed by atoms with Gasteiger partial charge in [0.2, 0.25) is 0 Å². The Bertz CT molecular complexity index is 1120. The summed E-state index contributed by atoms with van der Waals surface area (Å²) in [4.78, 5) is 0. The molecule has 4 rings (SSSR count). The van der Waals surface area contributed by atoms with Crippen LogP contribution in [0.25, 0.3) is 21.9 Å². The van der Waals surface area contributed by atoms with Crippen LogP contribution in [0.4, 0.5) is 0 Å². The maximum atomic E-state index is 3.36. The Morgan fingerprint density at radius 3 is 1.85 bits per heavy atom. The molecule has 0 saturated carbocycles. The average Bonchev–Trinajstić information content (AvgIpc) is 3.23. The molecule has 1 unspecified atom stereocenters. The molecule has 0 fully saturated rings. The number of hydrogen-bond acceptors (Lipinski definition) is 0. The van der Waals surface area contributed by atoms with E-state index in [4.69, 9.17) is 0 Å². The second kappa shape index (κ2) is 14.6. The number of halogens is 2. The SMILES string of the molecule is CC1=[C-]C(C)C(C)=C1C.C[Si](C)=[Zr+2].Cc1cc(-c2c[cH-]c3ccccc23)cc(C)c1C.[Cl-].[Cl-]. The van der Waals surface area contributed by atoms with E-state index in [1.807, 2.05) is 0 Å². The number of hydrogen-bond donors (Lipinski definition) is 0. The van der Waals surface area contributed by atoms with Gasteiger partial charge in [-0.15, -0.1) is 53.6 Å². The molecule has 0 bridgehead atoms. The zero-order valence-electron chi connectivity index (χ0n) is 21.5. The number of aryl methyl sites for hydroxylation is 2. The van der Waals surface area contributed by atoms with Gasteiger partial charge in [-0.25, -0.2) is 5.57 Å². The molecule has 0 nitrogen and oxygen atoms in total. The number of fused-ring (bicyclic) bond motifs is 1. The van der Waals surface area contributed by atoms with Crippen molar-refractivity contribution < 1.29 is 48.1 Å². The fourth-order valence-electron chi connectivity index (χ4n) is 3.76. The fourth-order valence-corrected chi connectivity index (χ4v) is 3.76. The molecule has 0 aromatic heterocycles. The second-order valence-electron chi connectivity index (χ2n) is 8.87. The molecule has 3 aromatic rings. The van der Waals surface area contributed by atoms with Crippen LogP contribution in [0.2, 0.25) is 13.1 Å². The van der Waals surface area contributed by atoms with Crippen LogP contribution in [-0.4, -0.2) is 5.43 Å². The van der Waals surface area contributed by atoms with Gasteiger partial charge in [-0.3, -0.25) is 6.08 Å². The van der Waals surface area contributed by atoms with Gasteiger partial charge in [0.15, 0.2) is 0 Å². The van der Waals surface area contributed by atoms with Crippen molar-refractivity contribution in [1.29, 1.82) is 0 Å². The Hall–Kier alpha value is -0.790. The van der Waals surface area contributed by atoms with Crippen molar-refractivity contribution >= 4 is 16.2 Å². The van der Waals surface area contributed by atoms with Crippen LogP contribution in [-0.2, 0) is 23.3 Å². The summed E-state index contributed by atoms with van der Waals surface area (Å²) in [7, 11) is 0. The predicted molar refractivity (Wildman–Crippen MR) is 137 cm³/mol. The van der Waals surface area contributed by atoms with Crippen molar-refractivity contribution in [3.63, 3.8) is 0 Å². The quantitative estimate of drug-likeness (QED) is 0.310. The van der Waals surface area contributed by atoms with Gasteiger partial charge in [0.25, 0.3) is 0 Å². The minimum absolute atomic E-state index is 0. The summed E-state index contributed by atoms with van der Waals surface area (Å²) in [5.74, 6) is 0.560. The Morgan fingerprint density at radius 1 is 0.909 bits per heavy atom. The smallest absolute Gasteiger partial charge is 0.0392 e. The summed E-state index contributed by atoms with van der Waals surface area (Å²) < 4.78 is 0. The Balaban J connectivity index is 0.000000580. The number of allylic oxidation sites excluding steroid dienone is 4. The van der Waals surface area contributed by atoms with Crippen molar-refractivity contribution in [3.8, 4) is 11.1 Å². The maximum absolute atomic E-state index is 3.36. The Labute approximate surface area is 229 Å². The van der Waals surface area contributed by atoms with Gasteiger partial charge >= 0.3 is 41.9 Å². The third-order valence-corrected chi connectivity index (χ3v) is 6.16. The van der Waals surface area contributed by atoms with Crippen LogP contribution in [0.5, 0.6) is 0 Å². The molecule has 176 valence electrons. The van der Waals surface area contributed by atoms with Crippen LogP contribution < -0.4 is 24.8 Å². The summed E-state index contributed by atoms with van der Waals surface area (Å²) in [6.07, 6.45) is 3.36. The molecule has 33 heavy (non-hydrogen) atoms. The van der Waals surface area contributed by atoms with Crippen LogP contribution >= 0.6 is 0 Å². The van der Waals surface area contributed by atoms with E-state index in [-0.39, 0.29) is 30.2 Å². The van der Waals surface area contributed by atoms with Crippen LogP contribution in [0.1, 0.15) is 44.4 Å². The standard InChI is InChI=1S/C18H17.C9H13.C2H6Si.2ClH.Zr/c1-12-10-16(11-13(2)14(12)3)18-9-8-15-6-4-5-7-17(15)18;1-6-5-7(2)9(4)8(6)3;1-3-2;;;/h4-11H,1-3H3;6H,1-4H3;1-2H3;2*1H;/q2*-1;;;;+2/p-2. The minimum atomic E-state index is 0. The molecule has 0 radical (unpaired) electrons. The first-order valence-electron chi connectivity index (χ1n) is 11.0. The van der Waals surface area contributed by atoms with Gasteiger partial charge in [-0.05, 0) is 37.5 Å². The Morgan fingerprint density at radius 2 is 1.42 bits per heavy atom. The van der Waals surface area contributed by atoms with Gasteiger partial charge < -0.3 is 24.8 Å². The third kappa shape index (κ3) is 8.74. The zero-order valence-corrected chi connectivity index (χ0v) is 26.4. The van der Waals surface area contributed by atoms with Gasteiger partial charge in [0, 0.05) is 0 Å². The van der Waals surface area contributed by atoms with E-state index in [9.17, 15) is 0 Å². The molecule has 0 spiro atoms. The van der Waals surface area contributed by atoms with E-state index >= 15 is 0 Å². The van der Waals surface area contributed by atoms with Crippen molar-refractivity contribution in [2.75, 3.05) is 0 Å². The van der Waals surface area contributed by atoms with E-state index in [2.05, 4.69) is 116 Å². The normalized spacial score (nSPS) is 14.3. The first kappa shape index (κ1) is 32.2. The molecule has 0 saturated heterocycles. The average molecular weight is 575 g/mol. The molecule has 4 heteroatoms. The topological polar surface area (TPSA) is 0 Å². The first-order valence-corrected chi connectivity index (χ1v) is 17.2. The predicted octanol–water partition coefficient (Wildman–Crippen LogP) is 2.67. The monoisotopic (exact) mass is 572 g/mol. The van der Waals surface area contributed by atoms with E-state index < -0.39 is 0 Å². The van der Waals surface area contributed by atoms with Gasteiger partial charge in [-0.2, -0.15) is 11.1 Å². The first-order chi connectivity index (χ1) is 14.5. The molecule has 1 atom stereocenters. The van der Waals surface area contributed by atoms with E-state index in [0.29, 0.717) is 5.92 Å². The van der Waals surface area contributed by atoms with Crippen molar-refractivity contribution in [1.82, 2.24) is 0 Å². The van der Waals surface area contributed by atoms with Crippen LogP contribution in [0, 0.1) is 32.8 Å². The molecule has 0 heterocycles. The molecule has 0 amide bonds. The Kier molecular flexibility index (Phi) is 14.2. The summed E-state index contributed by atoms with van der Waals surface area (Å²) in [5, 5.41) is 2.67. The number of rotatable bonds is 1. The molecule has 1 aliphatic carbocycles. The van der Waals surface area contributed by atoms with Gasteiger partial charge in [-0.1, -0.05) is 50.5 Å². The summed E-state index contributed by atoms with van der Waals surface area (Å²) >= 11 is 1.74. The molecular formula is C29H36Cl2SiZr-2. The molecular weight excluding hydrogens is 539 g/mol. The van der Waals surface area contributed by atoms with Crippen molar-refractivity contribution in [2.45, 2.75) is 61.6 Å². The molecule has 0 aliphatic heterocycles. The van der Waals surface area contributed by atoms with Gasteiger partial charge in [0.1, 0.15) is 0 Å². The summed E-state index contributed by atoms with van der Waals surface area (Å²) in [5.41, 5.74) is 11.3. The summed E-state index contributed by atoms with van der Waals surface area (Å²) in [6.45, 7) is 19.9. The zero-order chi connectivity index (χ0) is 23.3. The van der Waals surface area contributed by atoms with E-state index in [1.54, 1.807) is 23.3 Å². The van der Waals surface area contributed by atoms with E-state index in [1.165, 1.54) is 55.3 Å². The summed E-state index contributed by atoms with van der Waals surface area (Å²) in [6, 6.07) is 17.6. The fraction of sp³-hybridized carbons (Fsp3) is 0.345. The maximum Gasteiger partial charge on any atom is -0.0392 e. The number of benzene rings is 2. The molecule has 3 aromatic carbocycles. The molecule has 0 N–H and O–H groups in total.